The molecule has 0 saturated heterocycles. The smallest absolute Gasteiger partial charge is 0.0622 e. The maximum Gasteiger partial charge on any atom is 0.0725 e. The van der Waals surface area contributed by atoms with Crippen molar-refractivity contribution in [2.75, 3.05) is 0 Å². The van der Waals surface area contributed by atoms with E-state index in [1.807, 2.05) is 0 Å². The molecule has 2 aliphatic rings. The molecule has 0 N–H and O–H groups in total. The second-order valence-corrected chi connectivity index (χ2v) is 15.1. The minimum Gasteiger partial charge on any atom is -0.0622 e. The Labute approximate surface area is 320 Å². The topological polar surface area (TPSA) is 0 Å². The van der Waals surface area contributed by atoms with Gasteiger partial charge in [-0.15, -0.1) is 0 Å². The molecule has 0 heteroatoms. The first-order valence-corrected chi connectivity index (χ1v) is 19.3. The monoisotopic (exact) mass is 694 g/mol. The normalized spacial score (nSPS) is 13.2. The largest absolute Gasteiger partial charge is 0.0725 e. The van der Waals surface area contributed by atoms with Gasteiger partial charge in [-0.05, 0) is 128 Å². The van der Waals surface area contributed by atoms with Crippen LogP contribution in [0.5, 0.6) is 0 Å². The van der Waals surface area contributed by atoms with Crippen molar-refractivity contribution in [3.63, 3.8) is 0 Å². The number of hydrogen-bond acceptors (Lipinski definition) is 0. The van der Waals surface area contributed by atoms with Gasteiger partial charge >= 0.3 is 0 Å². The third kappa shape index (κ3) is 4.12. The van der Waals surface area contributed by atoms with Gasteiger partial charge in [-0.25, -0.2) is 0 Å². The highest BCUT2D eigenvalue weighted by Gasteiger charge is 2.51. The average Bonchev–Trinajstić information content (AvgIpc) is 3.72. The Morgan fingerprint density at radius 1 is 0.236 bits per heavy atom. The number of benzene rings is 10. The highest BCUT2D eigenvalue weighted by molar-refractivity contribution is 6.23. The Hall–Kier alpha value is -7.02. The third-order valence-electron chi connectivity index (χ3n) is 12.5. The molecular formula is C55H34. The van der Waals surface area contributed by atoms with E-state index in [1.54, 1.807) is 0 Å². The van der Waals surface area contributed by atoms with E-state index < -0.39 is 5.41 Å². The molecule has 2 aliphatic carbocycles. The van der Waals surface area contributed by atoms with Gasteiger partial charge in [0.15, 0.2) is 0 Å². The van der Waals surface area contributed by atoms with Crippen LogP contribution in [0.2, 0.25) is 0 Å². The van der Waals surface area contributed by atoms with Gasteiger partial charge in [0.1, 0.15) is 0 Å². The van der Waals surface area contributed by atoms with Gasteiger partial charge in [-0.3, -0.25) is 0 Å². The van der Waals surface area contributed by atoms with E-state index in [9.17, 15) is 0 Å². The fraction of sp³-hybridized carbons (Fsp3) is 0.0182. The quantitative estimate of drug-likeness (QED) is 0.162. The lowest BCUT2D eigenvalue weighted by atomic mass is 9.70. The second-order valence-electron chi connectivity index (χ2n) is 15.1. The van der Waals surface area contributed by atoms with Crippen molar-refractivity contribution in [2.24, 2.45) is 0 Å². The van der Waals surface area contributed by atoms with Crippen LogP contribution >= 0.6 is 0 Å². The molecule has 10 aromatic rings. The lowest BCUT2D eigenvalue weighted by Gasteiger charge is -2.31. The molecule has 0 saturated carbocycles. The van der Waals surface area contributed by atoms with Crippen LogP contribution in [0, 0.1) is 0 Å². The van der Waals surface area contributed by atoms with Gasteiger partial charge in [0.2, 0.25) is 0 Å². The summed E-state index contributed by atoms with van der Waals surface area (Å²) in [5, 5.41) is 7.55. The summed E-state index contributed by atoms with van der Waals surface area (Å²) >= 11 is 0. The molecule has 1 spiro atoms. The molecule has 0 aromatic heterocycles. The van der Waals surface area contributed by atoms with E-state index in [-0.39, 0.29) is 0 Å². The molecule has 0 nitrogen and oxygen atoms in total. The van der Waals surface area contributed by atoms with E-state index in [1.165, 1.54) is 110 Å². The van der Waals surface area contributed by atoms with E-state index >= 15 is 0 Å². The van der Waals surface area contributed by atoms with Crippen LogP contribution in [0.15, 0.2) is 206 Å². The summed E-state index contributed by atoms with van der Waals surface area (Å²) < 4.78 is 0. The van der Waals surface area contributed by atoms with E-state index in [4.69, 9.17) is 0 Å². The lowest BCUT2D eigenvalue weighted by molar-refractivity contribution is 0.794. The highest BCUT2D eigenvalue weighted by Crippen LogP contribution is 2.63. The molecular weight excluding hydrogens is 661 g/mol. The van der Waals surface area contributed by atoms with Crippen molar-refractivity contribution in [1.82, 2.24) is 0 Å². The summed E-state index contributed by atoms with van der Waals surface area (Å²) in [6, 6.07) is 77.1. The van der Waals surface area contributed by atoms with Crippen LogP contribution < -0.4 is 0 Å². The summed E-state index contributed by atoms with van der Waals surface area (Å²) in [7, 11) is 0. The van der Waals surface area contributed by atoms with E-state index in [2.05, 4.69) is 206 Å². The summed E-state index contributed by atoms with van der Waals surface area (Å²) in [5.74, 6) is 0. The number of fused-ring (bicyclic) bond motifs is 13. The minimum absolute atomic E-state index is 0.393. The van der Waals surface area contributed by atoms with Crippen LogP contribution in [0.4, 0.5) is 0 Å². The summed E-state index contributed by atoms with van der Waals surface area (Å²) in [5.41, 5.74) is 17.9. The van der Waals surface area contributed by atoms with Crippen molar-refractivity contribution in [1.29, 1.82) is 0 Å². The zero-order valence-corrected chi connectivity index (χ0v) is 30.1. The van der Waals surface area contributed by atoms with Crippen molar-refractivity contribution in [3.05, 3.63) is 229 Å². The standard InChI is InChI=1S/C55H34/c1-2-16-35(17-3-1)47-32-36-18-4-5-19-37(36)33-48(47)54-45-25-8-6-23-43(45)53(44-24-7-9-26-46(44)54)38-30-31-42-41-22-12-15-29-51(41)55(52(42)34-38)49-27-13-10-20-39(49)40-21-11-14-28-50(40)55/h1-34H. The van der Waals surface area contributed by atoms with Gasteiger partial charge in [0.05, 0.1) is 5.41 Å². The zero-order valence-electron chi connectivity index (χ0n) is 30.1. The number of rotatable bonds is 3. The molecule has 12 rings (SSSR count). The molecule has 254 valence electrons. The Kier molecular flexibility index (Phi) is 6.36. The predicted molar refractivity (Wildman–Crippen MR) is 232 cm³/mol. The Bertz CT molecular complexity index is 3080. The first-order chi connectivity index (χ1) is 27.3. The third-order valence-corrected chi connectivity index (χ3v) is 12.5. The van der Waals surface area contributed by atoms with Crippen molar-refractivity contribution in [2.45, 2.75) is 5.41 Å². The highest BCUT2D eigenvalue weighted by atomic mass is 14.5. The van der Waals surface area contributed by atoms with Gasteiger partial charge in [-0.1, -0.05) is 188 Å². The maximum absolute atomic E-state index is 2.54. The average molecular weight is 695 g/mol. The second kappa shape index (κ2) is 11.5. The van der Waals surface area contributed by atoms with Crippen molar-refractivity contribution < 1.29 is 0 Å². The first kappa shape index (κ1) is 30.4. The van der Waals surface area contributed by atoms with Crippen LogP contribution in [-0.4, -0.2) is 0 Å². The molecule has 10 aromatic carbocycles. The Morgan fingerprint density at radius 2 is 0.655 bits per heavy atom. The minimum atomic E-state index is -0.393. The fourth-order valence-corrected chi connectivity index (χ4v) is 10.3. The van der Waals surface area contributed by atoms with E-state index in [0.29, 0.717) is 0 Å². The van der Waals surface area contributed by atoms with Crippen LogP contribution in [0.25, 0.3) is 88.0 Å². The van der Waals surface area contributed by atoms with Gasteiger partial charge in [0, 0.05) is 0 Å². The van der Waals surface area contributed by atoms with Crippen LogP contribution in [0.1, 0.15) is 22.3 Å². The Morgan fingerprint density at radius 3 is 1.20 bits per heavy atom. The van der Waals surface area contributed by atoms with Gasteiger partial charge in [0.25, 0.3) is 0 Å². The molecule has 0 fully saturated rings. The summed E-state index contributed by atoms with van der Waals surface area (Å²) in [6.45, 7) is 0. The maximum atomic E-state index is 2.54. The van der Waals surface area contributed by atoms with Crippen molar-refractivity contribution in [3.8, 4) is 55.6 Å². The zero-order chi connectivity index (χ0) is 36.1. The van der Waals surface area contributed by atoms with E-state index in [0.717, 1.165) is 0 Å². The molecule has 55 heavy (non-hydrogen) atoms. The molecule has 0 bridgehead atoms. The first-order valence-electron chi connectivity index (χ1n) is 19.3. The number of hydrogen-bond donors (Lipinski definition) is 0. The van der Waals surface area contributed by atoms with Crippen LogP contribution in [-0.2, 0) is 5.41 Å². The fourth-order valence-electron chi connectivity index (χ4n) is 10.3. The Balaban J connectivity index is 1.18. The van der Waals surface area contributed by atoms with Crippen LogP contribution in [0.3, 0.4) is 0 Å². The molecule has 0 amide bonds. The summed E-state index contributed by atoms with van der Waals surface area (Å²) in [4.78, 5) is 0. The molecule has 0 radical (unpaired) electrons. The van der Waals surface area contributed by atoms with Gasteiger partial charge < -0.3 is 0 Å². The molecule has 0 heterocycles. The summed E-state index contributed by atoms with van der Waals surface area (Å²) in [6.07, 6.45) is 0. The SMILES string of the molecule is c1ccc(-c2cc3ccccc3cc2-c2c3ccccc3c(-c3ccc4c(c3)C3(c5ccccc5-c5ccccc53)c3ccccc3-4)c3ccccc23)cc1. The lowest BCUT2D eigenvalue weighted by Crippen LogP contribution is -2.25. The molecule has 0 aliphatic heterocycles. The van der Waals surface area contributed by atoms with Gasteiger partial charge in [-0.2, -0.15) is 0 Å². The van der Waals surface area contributed by atoms with Crippen molar-refractivity contribution >= 4 is 32.3 Å². The molecule has 0 unspecified atom stereocenters. The molecule has 0 atom stereocenters. The predicted octanol–water partition coefficient (Wildman–Crippen LogP) is 14.5.